The Morgan fingerprint density at radius 3 is 1.97 bits per heavy atom. The molecule has 0 spiro atoms. The monoisotopic (exact) mass is 798 g/mol. The number of hydrogen-bond donors (Lipinski definition) is 0. The molecule has 0 N–H and O–H groups in total. The van der Waals surface area contributed by atoms with Gasteiger partial charge in [0, 0.05) is 44.1 Å². The van der Waals surface area contributed by atoms with Crippen molar-refractivity contribution in [3.05, 3.63) is 221 Å². The molecule has 0 amide bonds. The van der Waals surface area contributed by atoms with Crippen LogP contribution in [-0.2, 0) is 16.2 Å². The van der Waals surface area contributed by atoms with Gasteiger partial charge in [0.05, 0.1) is 16.7 Å². The largest absolute Gasteiger partial charge is 0.310 e. The molecule has 0 saturated carbocycles. The van der Waals surface area contributed by atoms with Gasteiger partial charge in [0.2, 0.25) is 0 Å². The van der Waals surface area contributed by atoms with Crippen LogP contribution in [0.1, 0.15) is 81.3 Å². The van der Waals surface area contributed by atoms with Crippen molar-refractivity contribution in [2.24, 2.45) is 0 Å². The predicted molar refractivity (Wildman–Crippen MR) is 263 cm³/mol. The van der Waals surface area contributed by atoms with Crippen LogP contribution < -0.4 is 4.90 Å². The third-order valence-electron chi connectivity index (χ3n) is 14.8. The summed E-state index contributed by atoms with van der Waals surface area (Å²) in [6.45, 7) is 18.9. The standard InChI is InChI=1S/C60H50N2/c1-37-17-11-9-8-10-12-20-42(31-37)61(43-27-25-38-18-13-14-19-39(38)32-43)44-28-30-46-45-29-26-40(34-52(45)60(6,7)53(46)36-44)41-33-48-47-21-15-22-49-55(47)62-56(48)54(35-41)59(4,5)51-24-16-23-50(57(51)62)58(49,2)3/h8-9,11-36H,1,10H2,2-7H3/b9-8-,17-11-,20-12-,42-31+. The number of benzene rings is 7. The average Bonchev–Trinajstić information content (AvgIpc) is 3.72. The van der Waals surface area contributed by atoms with E-state index in [2.05, 4.69) is 228 Å². The first-order valence-electron chi connectivity index (χ1n) is 22.2. The third kappa shape index (κ3) is 5.04. The van der Waals surface area contributed by atoms with Crippen molar-refractivity contribution in [1.29, 1.82) is 0 Å². The summed E-state index contributed by atoms with van der Waals surface area (Å²) in [6.07, 6.45) is 16.0. The second kappa shape index (κ2) is 12.8. The Hall–Kier alpha value is -6.90. The summed E-state index contributed by atoms with van der Waals surface area (Å²) in [4.78, 5) is 2.40. The van der Waals surface area contributed by atoms with Crippen molar-refractivity contribution >= 4 is 44.0 Å². The van der Waals surface area contributed by atoms with Gasteiger partial charge in [0.15, 0.2) is 0 Å². The van der Waals surface area contributed by atoms with Crippen molar-refractivity contribution in [2.75, 3.05) is 4.90 Å². The van der Waals surface area contributed by atoms with Gasteiger partial charge in [-0.15, -0.1) is 0 Å². The highest BCUT2D eigenvalue weighted by Gasteiger charge is 2.43. The highest BCUT2D eigenvalue weighted by molar-refractivity contribution is 6.15. The number of anilines is 2. The summed E-state index contributed by atoms with van der Waals surface area (Å²) in [7, 11) is 0. The summed E-state index contributed by atoms with van der Waals surface area (Å²) >= 11 is 0. The molecule has 2 aliphatic heterocycles. The minimum absolute atomic E-state index is 0.0936. The summed E-state index contributed by atoms with van der Waals surface area (Å²) in [5.74, 6) is 0. The van der Waals surface area contributed by atoms with E-state index in [9.17, 15) is 0 Å². The van der Waals surface area contributed by atoms with E-state index in [-0.39, 0.29) is 16.2 Å². The lowest BCUT2D eigenvalue weighted by atomic mass is 9.68. The number of rotatable bonds is 4. The molecule has 0 fully saturated rings. The van der Waals surface area contributed by atoms with E-state index < -0.39 is 0 Å². The summed E-state index contributed by atoms with van der Waals surface area (Å²) in [5, 5.41) is 5.14. The van der Waals surface area contributed by atoms with Crippen LogP contribution in [-0.4, -0.2) is 4.57 Å². The molecule has 8 aromatic rings. The Balaban J connectivity index is 1.01. The smallest absolute Gasteiger partial charge is 0.0582 e. The lowest BCUT2D eigenvalue weighted by Crippen LogP contribution is -2.33. The number of hydrogen-bond acceptors (Lipinski definition) is 1. The van der Waals surface area contributed by atoms with E-state index >= 15 is 0 Å². The van der Waals surface area contributed by atoms with E-state index in [1.165, 1.54) is 93.9 Å². The van der Waals surface area contributed by atoms with Crippen LogP contribution in [0.3, 0.4) is 0 Å². The summed E-state index contributed by atoms with van der Waals surface area (Å²) in [6, 6.07) is 48.8. The molecule has 0 saturated heterocycles. The molecule has 12 rings (SSSR count). The number of allylic oxidation sites excluding steroid dienone is 8. The van der Waals surface area contributed by atoms with Gasteiger partial charge in [-0.05, 0) is 133 Å². The maximum absolute atomic E-state index is 4.42. The van der Waals surface area contributed by atoms with E-state index in [0.29, 0.717) is 0 Å². The highest BCUT2D eigenvalue weighted by Crippen LogP contribution is 2.57. The summed E-state index contributed by atoms with van der Waals surface area (Å²) < 4.78 is 2.62. The number of para-hydroxylation sites is 2. The van der Waals surface area contributed by atoms with Crippen molar-refractivity contribution < 1.29 is 0 Å². The third-order valence-corrected chi connectivity index (χ3v) is 14.8. The van der Waals surface area contributed by atoms with E-state index in [0.717, 1.165) is 29.1 Å². The fraction of sp³-hybridized carbons (Fsp3) is 0.167. The molecule has 0 atom stereocenters. The van der Waals surface area contributed by atoms with Gasteiger partial charge in [-0.3, -0.25) is 0 Å². The zero-order valence-electron chi connectivity index (χ0n) is 36.5. The van der Waals surface area contributed by atoms with Crippen molar-refractivity contribution in [2.45, 2.75) is 64.2 Å². The van der Waals surface area contributed by atoms with Crippen LogP contribution >= 0.6 is 0 Å². The van der Waals surface area contributed by atoms with Crippen molar-refractivity contribution in [1.82, 2.24) is 4.57 Å². The molecule has 1 aromatic heterocycles. The number of fused-ring (bicyclic) bond motifs is 5. The molecule has 2 nitrogen and oxygen atoms in total. The highest BCUT2D eigenvalue weighted by atomic mass is 15.1. The molecule has 4 aliphatic rings. The average molecular weight is 799 g/mol. The lowest BCUT2D eigenvalue weighted by Gasteiger charge is -2.42. The van der Waals surface area contributed by atoms with Crippen LogP contribution in [0.5, 0.6) is 0 Å². The Morgan fingerprint density at radius 1 is 0.500 bits per heavy atom. The maximum atomic E-state index is 4.42. The second-order valence-corrected chi connectivity index (χ2v) is 19.5. The van der Waals surface area contributed by atoms with Crippen LogP contribution in [0.4, 0.5) is 11.4 Å². The molecule has 2 aliphatic carbocycles. The fourth-order valence-corrected chi connectivity index (χ4v) is 11.5. The van der Waals surface area contributed by atoms with E-state index in [1.54, 1.807) is 0 Å². The van der Waals surface area contributed by atoms with Gasteiger partial charge in [0.25, 0.3) is 0 Å². The number of nitrogens with zero attached hydrogens (tertiary/aromatic N) is 2. The molecular weight excluding hydrogens is 749 g/mol. The zero-order valence-corrected chi connectivity index (χ0v) is 36.5. The van der Waals surface area contributed by atoms with Gasteiger partial charge < -0.3 is 9.47 Å². The lowest BCUT2D eigenvalue weighted by molar-refractivity contribution is 0.594. The molecule has 0 bridgehead atoms. The topological polar surface area (TPSA) is 8.17 Å². The van der Waals surface area contributed by atoms with E-state index in [4.69, 9.17) is 0 Å². The maximum Gasteiger partial charge on any atom is 0.0582 e. The molecule has 3 heterocycles. The molecule has 2 heteroatoms. The Labute approximate surface area is 365 Å². The van der Waals surface area contributed by atoms with Gasteiger partial charge in [-0.25, -0.2) is 0 Å². The Kier molecular flexibility index (Phi) is 7.63. The molecule has 62 heavy (non-hydrogen) atoms. The van der Waals surface area contributed by atoms with Crippen LogP contribution in [0.2, 0.25) is 0 Å². The summed E-state index contributed by atoms with van der Waals surface area (Å²) in [5.41, 5.74) is 21.4. The molecule has 0 radical (unpaired) electrons. The van der Waals surface area contributed by atoms with Gasteiger partial charge in [-0.1, -0.05) is 163 Å². The Morgan fingerprint density at radius 2 is 1.15 bits per heavy atom. The predicted octanol–water partition coefficient (Wildman–Crippen LogP) is 15.8. The van der Waals surface area contributed by atoms with Crippen LogP contribution in [0.25, 0.3) is 60.5 Å². The first kappa shape index (κ1) is 36.9. The minimum atomic E-state index is -0.230. The normalized spacial score (nSPS) is 19.5. The van der Waals surface area contributed by atoms with Crippen LogP contribution in [0, 0.1) is 0 Å². The van der Waals surface area contributed by atoms with Gasteiger partial charge in [-0.2, -0.15) is 0 Å². The van der Waals surface area contributed by atoms with Crippen molar-refractivity contribution in [3.63, 3.8) is 0 Å². The SMILES string of the molecule is C=C1/C=C\C=C/C/C=C\C(N(c2ccc3c(c2)C(C)(C)c2cc(-c4cc5c6c(c4)c4cccc7c4n6-c4c(cccc4C5(C)C)C7(C)C)ccc2-3)c2ccc3ccccc3c2)=C/1. The molecular formula is C60H50N2. The first-order chi connectivity index (χ1) is 29.9. The minimum Gasteiger partial charge on any atom is -0.310 e. The van der Waals surface area contributed by atoms with E-state index in [1.807, 2.05) is 0 Å². The first-order valence-corrected chi connectivity index (χ1v) is 22.2. The Bertz CT molecular complexity index is 3420. The number of aromatic nitrogens is 1. The van der Waals surface area contributed by atoms with Gasteiger partial charge in [0.1, 0.15) is 0 Å². The van der Waals surface area contributed by atoms with Gasteiger partial charge >= 0.3 is 0 Å². The molecule has 0 unspecified atom stereocenters. The quantitative estimate of drug-likeness (QED) is 0.172. The molecule has 300 valence electrons. The molecule has 7 aromatic carbocycles. The second-order valence-electron chi connectivity index (χ2n) is 19.5. The van der Waals surface area contributed by atoms with Crippen molar-refractivity contribution in [3.8, 4) is 27.9 Å². The fourth-order valence-electron chi connectivity index (χ4n) is 11.5. The van der Waals surface area contributed by atoms with Crippen LogP contribution in [0.15, 0.2) is 188 Å². The zero-order chi connectivity index (χ0) is 42.3.